The van der Waals surface area contributed by atoms with E-state index in [4.69, 9.17) is 4.74 Å². The van der Waals surface area contributed by atoms with Crippen LogP contribution in [0.5, 0.6) is 5.75 Å². The number of benzene rings is 2. The van der Waals surface area contributed by atoms with Crippen molar-refractivity contribution in [2.45, 2.75) is 13.5 Å². The van der Waals surface area contributed by atoms with Gasteiger partial charge in [0.25, 0.3) is 0 Å². The molecule has 1 aromatic heterocycles. The first-order valence-corrected chi connectivity index (χ1v) is 6.34. The quantitative estimate of drug-likeness (QED) is 0.696. The van der Waals surface area contributed by atoms with Crippen LogP contribution in [0.4, 0.5) is 0 Å². The van der Waals surface area contributed by atoms with Gasteiger partial charge in [0.05, 0.1) is 5.52 Å². The minimum absolute atomic E-state index is 0.591. The third-order valence-electron chi connectivity index (χ3n) is 3.06. The molecule has 0 spiro atoms. The predicted octanol–water partition coefficient (Wildman–Crippen LogP) is 4.12. The molecular formula is C17H15NO. The number of hydrogen-bond donors (Lipinski definition) is 0. The number of hydrogen-bond acceptors (Lipinski definition) is 2. The first-order valence-electron chi connectivity index (χ1n) is 6.34. The van der Waals surface area contributed by atoms with E-state index in [9.17, 15) is 0 Å². The molecule has 0 radical (unpaired) electrons. The second kappa shape index (κ2) is 5.11. The van der Waals surface area contributed by atoms with Crippen LogP contribution in [-0.4, -0.2) is 4.98 Å². The van der Waals surface area contributed by atoms with Crippen molar-refractivity contribution in [2.24, 2.45) is 0 Å². The summed E-state index contributed by atoms with van der Waals surface area (Å²) in [5, 5.41) is 1.10. The lowest BCUT2D eigenvalue weighted by Gasteiger charge is -2.07. The van der Waals surface area contributed by atoms with E-state index >= 15 is 0 Å². The Morgan fingerprint density at radius 3 is 2.84 bits per heavy atom. The van der Waals surface area contributed by atoms with Gasteiger partial charge in [-0.25, -0.2) is 0 Å². The van der Waals surface area contributed by atoms with Crippen molar-refractivity contribution in [2.75, 3.05) is 0 Å². The van der Waals surface area contributed by atoms with Gasteiger partial charge >= 0.3 is 0 Å². The zero-order chi connectivity index (χ0) is 13.1. The van der Waals surface area contributed by atoms with Gasteiger partial charge < -0.3 is 4.74 Å². The highest BCUT2D eigenvalue weighted by atomic mass is 16.5. The van der Waals surface area contributed by atoms with Gasteiger partial charge in [-0.2, -0.15) is 0 Å². The smallest absolute Gasteiger partial charge is 0.120 e. The van der Waals surface area contributed by atoms with Crippen LogP contribution >= 0.6 is 0 Å². The lowest BCUT2D eigenvalue weighted by Crippen LogP contribution is -1.95. The Morgan fingerprint density at radius 1 is 1.00 bits per heavy atom. The maximum Gasteiger partial charge on any atom is 0.120 e. The Balaban J connectivity index is 1.78. The second-order valence-electron chi connectivity index (χ2n) is 4.64. The summed E-state index contributed by atoms with van der Waals surface area (Å²) < 4.78 is 5.83. The first kappa shape index (κ1) is 11.7. The summed E-state index contributed by atoms with van der Waals surface area (Å²) in [4.78, 5) is 4.30. The summed E-state index contributed by atoms with van der Waals surface area (Å²) in [6.45, 7) is 2.68. The van der Waals surface area contributed by atoms with E-state index in [1.54, 1.807) is 6.20 Å². The molecule has 0 N–H and O–H groups in total. The van der Waals surface area contributed by atoms with E-state index in [-0.39, 0.29) is 0 Å². The van der Waals surface area contributed by atoms with Crippen LogP contribution < -0.4 is 4.74 Å². The Hall–Kier alpha value is -2.35. The van der Waals surface area contributed by atoms with Crippen molar-refractivity contribution in [3.63, 3.8) is 0 Å². The molecule has 0 aliphatic heterocycles. The summed E-state index contributed by atoms with van der Waals surface area (Å²) in [5.74, 6) is 0.877. The molecule has 0 fully saturated rings. The van der Waals surface area contributed by atoms with Gasteiger partial charge in [-0.15, -0.1) is 0 Å². The highest BCUT2D eigenvalue weighted by Crippen LogP contribution is 2.20. The zero-order valence-corrected chi connectivity index (χ0v) is 10.8. The number of rotatable bonds is 3. The summed E-state index contributed by atoms with van der Waals surface area (Å²) in [6.07, 6.45) is 1.80. The largest absolute Gasteiger partial charge is 0.489 e. The molecule has 0 unspecified atom stereocenters. The van der Waals surface area contributed by atoms with Crippen LogP contribution in [0.15, 0.2) is 60.8 Å². The maximum absolute atomic E-state index is 5.83. The molecule has 0 aliphatic rings. The average molecular weight is 249 g/mol. The van der Waals surface area contributed by atoms with Gasteiger partial charge in [0.2, 0.25) is 0 Å². The van der Waals surface area contributed by atoms with Gasteiger partial charge in [-0.1, -0.05) is 35.9 Å². The molecule has 2 nitrogen and oxygen atoms in total. The molecule has 94 valence electrons. The third kappa shape index (κ3) is 2.74. The minimum Gasteiger partial charge on any atom is -0.489 e. The van der Waals surface area contributed by atoms with Crippen LogP contribution in [0.3, 0.4) is 0 Å². The van der Waals surface area contributed by atoms with Crippen molar-refractivity contribution in [3.8, 4) is 5.75 Å². The van der Waals surface area contributed by atoms with Gasteiger partial charge in [0, 0.05) is 11.6 Å². The molecule has 1 heterocycles. The molecule has 0 amide bonds. The molecule has 0 atom stereocenters. The van der Waals surface area contributed by atoms with Gasteiger partial charge in [-0.05, 0) is 36.8 Å². The Morgan fingerprint density at radius 2 is 1.95 bits per heavy atom. The number of pyridine rings is 1. The zero-order valence-electron chi connectivity index (χ0n) is 10.8. The lowest BCUT2D eigenvalue weighted by molar-refractivity contribution is 0.306. The third-order valence-corrected chi connectivity index (χ3v) is 3.06. The van der Waals surface area contributed by atoms with Crippen LogP contribution in [0, 0.1) is 6.92 Å². The molecule has 0 aliphatic carbocycles. The van der Waals surface area contributed by atoms with Crippen molar-refractivity contribution >= 4 is 10.9 Å². The highest BCUT2D eigenvalue weighted by molar-refractivity contribution is 5.79. The molecular weight excluding hydrogens is 234 g/mol. The standard InChI is InChI=1S/C17H15NO/c1-13-4-2-5-14(10-13)12-19-16-7-8-17-15(11-16)6-3-9-18-17/h2-11H,12H2,1H3. The fourth-order valence-corrected chi connectivity index (χ4v) is 2.11. The Bertz CT molecular complexity index is 706. The highest BCUT2D eigenvalue weighted by Gasteiger charge is 1.99. The Kier molecular flexibility index (Phi) is 3.15. The molecule has 19 heavy (non-hydrogen) atoms. The minimum atomic E-state index is 0.591. The molecule has 2 heteroatoms. The summed E-state index contributed by atoms with van der Waals surface area (Å²) in [5.41, 5.74) is 3.43. The van der Waals surface area contributed by atoms with E-state index in [2.05, 4.69) is 36.2 Å². The monoisotopic (exact) mass is 249 g/mol. The van der Waals surface area contributed by atoms with E-state index in [1.807, 2.05) is 30.3 Å². The van der Waals surface area contributed by atoms with Crippen LogP contribution in [0.1, 0.15) is 11.1 Å². The maximum atomic E-state index is 5.83. The number of fused-ring (bicyclic) bond motifs is 1. The van der Waals surface area contributed by atoms with Gasteiger partial charge in [0.15, 0.2) is 0 Å². The van der Waals surface area contributed by atoms with E-state index in [0.717, 1.165) is 16.7 Å². The van der Waals surface area contributed by atoms with Crippen LogP contribution in [0.25, 0.3) is 10.9 Å². The fourth-order valence-electron chi connectivity index (χ4n) is 2.11. The number of ether oxygens (including phenoxy) is 1. The summed E-state index contributed by atoms with van der Waals surface area (Å²) in [7, 11) is 0. The first-order chi connectivity index (χ1) is 9.31. The fraction of sp³-hybridized carbons (Fsp3) is 0.118. The Labute approximate surface area is 112 Å². The number of nitrogens with zero attached hydrogens (tertiary/aromatic N) is 1. The molecule has 2 aromatic carbocycles. The van der Waals surface area contributed by atoms with Crippen molar-refractivity contribution < 1.29 is 4.74 Å². The van der Waals surface area contributed by atoms with E-state index in [0.29, 0.717) is 6.61 Å². The second-order valence-corrected chi connectivity index (χ2v) is 4.64. The normalized spacial score (nSPS) is 10.6. The van der Waals surface area contributed by atoms with Crippen molar-refractivity contribution in [1.82, 2.24) is 4.98 Å². The van der Waals surface area contributed by atoms with Crippen LogP contribution in [-0.2, 0) is 6.61 Å². The molecule has 0 bridgehead atoms. The summed E-state index contributed by atoms with van der Waals surface area (Å²) >= 11 is 0. The topological polar surface area (TPSA) is 22.1 Å². The molecule has 3 rings (SSSR count). The average Bonchev–Trinajstić information content (AvgIpc) is 2.45. The van der Waals surface area contributed by atoms with Crippen molar-refractivity contribution in [3.05, 3.63) is 71.9 Å². The lowest BCUT2D eigenvalue weighted by atomic mass is 10.1. The van der Waals surface area contributed by atoms with E-state index in [1.165, 1.54) is 11.1 Å². The number of aromatic nitrogens is 1. The number of aryl methyl sites for hydroxylation is 1. The van der Waals surface area contributed by atoms with Crippen molar-refractivity contribution in [1.29, 1.82) is 0 Å². The predicted molar refractivity (Wildman–Crippen MR) is 77.3 cm³/mol. The van der Waals surface area contributed by atoms with Gasteiger partial charge in [0.1, 0.15) is 12.4 Å². The SMILES string of the molecule is Cc1cccc(COc2ccc3ncccc3c2)c1. The molecule has 3 aromatic rings. The van der Waals surface area contributed by atoms with Gasteiger partial charge in [-0.3, -0.25) is 4.98 Å². The molecule has 0 saturated heterocycles. The van der Waals surface area contributed by atoms with Crippen LogP contribution in [0.2, 0.25) is 0 Å². The van der Waals surface area contributed by atoms with E-state index < -0.39 is 0 Å². The summed E-state index contributed by atoms with van der Waals surface area (Å²) in [6, 6.07) is 18.3. The molecule has 0 saturated carbocycles.